The predicted molar refractivity (Wildman–Crippen MR) is 52.6 cm³/mol. The molecule has 0 saturated carbocycles. The Hall–Kier alpha value is -2.31. The number of carbonyl (C=O) groups is 1. The number of nitrogens with zero attached hydrogens (tertiary/aromatic N) is 3. The molecule has 2 aromatic rings. The highest BCUT2D eigenvalue weighted by atomic mass is 19.2. The SMILES string of the molecule is COC(=O)c1cn(-c2cccc(F)c2F)nn1. The molecule has 0 aliphatic carbocycles. The van der Waals surface area contributed by atoms with Crippen LogP contribution >= 0.6 is 0 Å². The van der Waals surface area contributed by atoms with Crippen molar-refractivity contribution in [2.24, 2.45) is 0 Å². The van der Waals surface area contributed by atoms with Gasteiger partial charge in [-0.05, 0) is 12.1 Å². The summed E-state index contributed by atoms with van der Waals surface area (Å²) >= 11 is 0. The normalized spacial score (nSPS) is 10.3. The van der Waals surface area contributed by atoms with Crippen molar-refractivity contribution in [3.05, 3.63) is 41.7 Å². The molecule has 0 aliphatic heterocycles. The first kappa shape index (κ1) is 11.2. The standard InChI is InChI=1S/C10H7F2N3O2/c1-17-10(16)7-5-15(14-13-7)8-4-2-3-6(11)9(8)12/h2-5H,1H3. The van der Waals surface area contributed by atoms with Crippen LogP contribution < -0.4 is 0 Å². The molecule has 0 aliphatic rings. The molecule has 1 aromatic carbocycles. The second-order valence-corrected chi connectivity index (χ2v) is 3.11. The van der Waals surface area contributed by atoms with E-state index in [-0.39, 0.29) is 11.4 Å². The molecule has 0 radical (unpaired) electrons. The lowest BCUT2D eigenvalue weighted by atomic mass is 10.3. The van der Waals surface area contributed by atoms with E-state index in [0.29, 0.717) is 0 Å². The summed E-state index contributed by atoms with van der Waals surface area (Å²) < 4.78 is 31.7. The van der Waals surface area contributed by atoms with Gasteiger partial charge in [-0.25, -0.2) is 18.3 Å². The van der Waals surface area contributed by atoms with Crippen LogP contribution in [0.4, 0.5) is 8.78 Å². The average Bonchev–Trinajstić information content (AvgIpc) is 2.81. The van der Waals surface area contributed by atoms with Gasteiger partial charge in [-0.15, -0.1) is 5.10 Å². The molecule has 0 unspecified atom stereocenters. The van der Waals surface area contributed by atoms with Gasteiger partial charge < -0.3 is 4.74 Å². The van der Waals surface area contributed by atoms with E-state index in [0.717, 1.165) is 16.9 Å². The maximum atomic E-state index is 13.4. The van der Waals surface area contributed by atoms with Crippen LogP contribution in [0, 0.1) is 11.6 Å². The summed E-state index contributed by atoms with van der Waals surface area (Å²) in [7, 11) is 1.18. The van der Waals surface area contributed by atoms with Crippen LogP contribution in [0.3, 0.4) is 0 Å². The lowest BCUT2D eigenvalue weighted by molar-refractivity contribution is 0.0594. The molecule has 5 nitrogen and oxygen atoms in total. The van der Waals surface area contributed by atoms with E-state index >= 15 is 0 Å². The molecule has 0 fully saturated rings. The molecule has 0 bridgehead atoms. The third-order valence-corrected chi connectivity index (χ3v) is 2.07. The van der Waals surface area contributed by atoms with Gasteiger partial charge in [-0.3, -0.25) is 0 Å². The number of methoxy groups -OCH3 is 1. The van der Waals surface area contributed by atoms with Gasteiger partial charge in [-0.2, -0.15) is 0 Å². The first-order valence-electron chi connectivity index (χ1n) is 4.58. The van der Waals surface area contributed by atoms with Crippen molar-refractivity contribution < 1.29 is 18.3 Å². The second kappa shape index (κ2) is 4.28. The maximum Gasteiger partial charge on any atom is 0.360 e. The zero-order valence-electron chi connectivity index (χ0n) is 8.72. The Morgan fingerprint density at radius 3 is 2.88 bits per heavy atom. The molecular weight excluding hydrogens is 232 g/mol. The quantitative estimate of drug-likeness (QED) is 0.742. The van der Waals surface area contributed by atoms with Gasteiger partial charge in [0.25, 0.3) is 0 Å². The van der Waals surface area contributed by atoms with Gasteiger partial charge in [0, 0.05) is 0 Å². The van der Waals surface area contributed by atoms with E-state index < -0.39 is 17.6 Å². The Morgan fingerprint density at radius 1 is 1.41 bits per heavy atom. The van der Waals surface area contributed by atoms with Crippen molar-refractivity contribution >= 4 is 5.97 Å². The second-order valence-electron chi connectivity index (χ2n) is 3.11. The third-order valence-electron chi connectivity index (χ3n) is 2.07. The van der Waals surface area contributed by atoms with E-state index in [9.17, 15) is 13.6 Å². The highest BCUT2D eigenvalue weighted by molar-refractivity contribution is 5.86. The first-order chi connectivity index (χ1) is 8.13. The molecule has 0 N–H and O–H groups in total. The van der Waals surface area contributed by atoms with E-state index in [1.165, 1.54) is 19.2 Å². The maximum absolute atomic E-state index is 13.4. The molecule has 88 valence electrons. The van der Waals surface area contributed by atoms with Crippen LogP contribution in [0.15, 0.2) is 24.4 Å². The van der Waals surface area contributed by atoms with E-state index in [4.69, 9.17) is 0 Å². The van der Waals surface area contributed by atoms with Crippen LogP contribution in [-0.2, 0) is 4.74 Å². The molecule has 17 heavy (non-hydrogen) atoms. The van der Waals surface area contributed by atoms with E-state index in [1.54, 1.807) is 0 Å². The number of rotatable bonds is 2. The average molecular weight is 239 g/mol. The Bertz CT molecular complexity index is 568. The molecule has 7 heteroatoms. The number of hydrogen-bond donors (Lipinski definition) is 0. The molecule has 2 rings (SSSR count). The third kappa shape index (κ3) is 1.99. The Balaban J connectivity index is 2.44. The van der Waals surface area contributed by atoms with Crippen LogP contribution in [0.25, 0.3) is 5.69 Å². The van der Waals surface area contributed by atoms with Crippen molar-refractivity contribution in [2.45, 2.75) is 0 Å². The van der Waals surface area contributed by atoms with Crippen LogP contribution in [0.5, 0.6) is 0 Å². The van der Waals surface area contributed by atoms with Crippen LogP contribution in [-0.4, -0.2) is 28.1 Å². The molecule has 0 saturated heterocycles. The highest BCUT2D eigenvalue weighted by Gasteiger charge is 2.15. The lowest BCUT2D eigenvalue weighted by Crippen LogP contribution is -2.01. The topological polar surface area (TPSA) is 57.0 Å². The van der Waals surface area contributed by atoms with E-state index in [2.05, 4.69) is 15.0 Å². The van der Waals surface area contributed by atoms with Crippen molar-refractivity contribution in [1.29, 1.82) is 0 Å². The molecule has 1 aromatic heterocycles. The summed E-state index contributed by atoms with van der Waals surface area (Å²) in [6.45, 7) is 0. The molecular formula is C10H7F2N3O2. The minimum absolute atomic E-state index is 0.0869. The number of aromatic nitrogens is 3. The summed E-state index contributed by atoms with van der Waals surface area (Å²) in [6, 6.07) is 3.62. The Labute approximate surface area is 94.6 Å². The number of halogens is 2. The molecule has 0 spiro atoms. The van der Waals surface area contributed by atoms with Gasteiger partial charge in [-0.1, -0.05) is 11.3 Å². The summed E-state index contributed by atoms with van der Waals surface area (Å²) in [5.41, 5.74) is -0.219. The summed E-state index contributed by atoms with van der Waals surface area (Å²) in [6.07, 6.45) is 1.16. The van der Waals surface area contributed by atoms with Gasteiger partial charge in [0.2, 0.25) is 0 Å². The zero-order valence-corrected chi connectivity index (χ0v) is 8.72. The molecule has 0 atom stereocenters. The van der Waals surface area contributed by atoms with Gasteiger partial charge >= 0.3 is 5.97 Å². The predicted octanol–water partition coefficient (Wildman–Crippen LogP) is 1.33. The largest absolute Gasteiger partial charge is 0.464 e. The molecule has 1 heterocycles. The minimum atomic E-state index is -1.06. The smallest absolute Gasteiger partial charge is 0.360 e. The molecule has 0 amide bonds. The number of hydrogen-bond acceptors (Lipinski definition) is 4. The first-order valence-corrected chi connectivity index (χ1v) is 4.58. The van der Waals surface area contributed by atoms with Crippen molar-refractivity contribution in [3.63, 3.8) is 0 Å². The summed E-state index contributed by atoms with van der Waals surface area (Å²) in [4.78, 5) is 11.1. The van der Waals surface area contributed by atoms with Gasteiger partial charge in [0.05, 0.1) is 13.3 Å². The van der Waals surface area contributed by atoms with Crippen molar-refractivity contribution in [2.75, 3.05) is 7.11 Å². The van der Waals surface area contributed by atoms with Crippen LogP contribution in [0.1, 0.15) is 10.5 Å². The number of ether oxygens (including phenoxy) is 1. The Morgan fingerprint density at radius 2 is 2.18 bits per heavy atom. The fourth-order valence-electron chi connectivity index (χ4n) is 1.25. The van der Waals surface area contributed by atoms with E-state index in [1.807, 2.05) is 0 Å². The summed E-state index contributed by atoms with van der Waals surface area (Å²) in [5.74, 6) is -2.76. The highest BCUT2D eigenvalue weighted by Crippen LogP contribution is 2.15. The van der Waals surface area contributed by atoms with Gasteiger partial charge in [0.1, 0.15) is 5.69 Å². The number of carbonyl (C=O) groups excluding carboxylic acids is 1. The zero-order chi connectivity index (χ0) is 12.4. The summed E-state index contributed by atoms with van der Waals surface area (Å²) in [5, 5.41) is 7.00. The minimum Gasteiger partial charge on any atom is -0.464 e. The fourth-order valence-corrected chi connectivity index (χ4v) is 1.25. The van der Waals surface area contributed by atoms with Gasteiger partial charge in [0.15, 0.2) is 17.3 Å². The van der Waals surface area contributed by atoms with Crippen molar-refractivity contribution in [1.82, 2.24) is 15.0 Å². The monoisotopic (exact) mass is 239 g/mol. The van der Waals surface area contributed by atoms with Crippen LogP contribution in [0.2, 0.25) is 0 Å². The van der Waals surface area contributed by atoms with Crippen molar-refractivity contribution in [3.8, 4) is 5.69 Å². The number of esters is 1. The lowest BCUT2D eigenvalue weighted by Gasteiger charge is -2.01. The fraction of sp³-hybridized carbons (Fsp3) is 0.100. The Kier molecular flexibility index (Phi) is 2.82. The number of benzene rings is 1.